The number of urea groups is 1. The monoisotopic (exact) mass is 358 g/mol. The van der Waals surface area contributed by atoms with Crippen molar-refractivity contribution in [1.82, 2.24) is 20.0 Å². The molecule has 1 atom stereocenters. The topological polar surface area (TPSA) is 38.8 Å². The van der Waals surface area contributed by atoms with Gasteiger partial charge in [0.25, 0.3) is 0 Å². The van der Waals surface area contributed by atoms with Gasteiger partial charge in [0.2, 0.25) is 0 Å². The Balaban J connectivity index is 1.61. The molecule has 2 heterocycles. The van der Waals surface area contributed by atoms with Crippen LogP contribution in [0, 0.1) is 5.92 Å². The molecule has 0 radical (unpaired) electrons. The van der Waals surface area contributed by atoms with Crippen molar-refractivity contribution in [2.75, 3.05) is 39.3 Å². The molecule has 26 heavy (non-hydrogen) atoms. The molecule has 0 aliphatic carbocycles. The molecule has 2 amide bonds. The van der Waals surface area contributed by atoms with Gasteiger partial charge < -0.3 is 15.1 Å². The molecule has 5 nitrogen and oxygen atoms in total. The quantitative estimate of drug-likeness (QED) is 0.899. The zero-order valence-electron chi connectivity index (χ0n) is 16.7. The van der Waals surface area contributed by atoms with Crippen LogP contribution in [0.5, 0.6) is 0 Å². The van der Waals surface area contributed by atoms with Crippen LogP contribution in [0.15, 0.2) is 30.3 Å². The van der Waals surface area contributed by atoms with E-state index in [1.54, 1.807) is 0 Å². The van der Waals surface area contributed by atoms with Gasteiger partial charge >= 0.3 is 6.03 Å². The Morgan fingerprint density at radius 3 is 2.62 bits per heavy atom. The normalized spacial score (nSPS) is 23.7. The molecule has 2 aliphatic rings. The van der Waals surface area contributed by atoms with Gasteiger partial charge in [-0.1, -0.05) is 44.2 Å². The highest BCUT2D eigenvalue weighted by Gasteiger charge is 2.43. The number of carbonyl (C=O) groups is 1. The molecule has 1 aromatic carbocycles. The lowest BCUT2D eigenvalue weighted by atomic mass is 9.92. The van der Waals surface area contributed by atoms with E-state index in [-0.39, 0.29) is 11.6 Å². The van der Waals surface area contributed by atoms with Crippen LogP contribution in [0.3, 0.4) is 0 Å². The summed E-state index contributed by atoms with van der Waals surface area (Å²) in [5.74, 6) is 0.684. The maximum atomic E-state index is 12.8. The summed E-state index contributed by atoms with van der Waals surface area (Å²) in [6.45, 7) is 15.7. The SMILES string of the molecule is CC(C)CN1CCN2C(C1)CN(C(=O)NCc1ccccc1)CC2(C)C. The third-order valence-corrected chi connectivity index (χ3v) is 5.55. The van der Waals surface area contributed by atoms with Crippen LogP contribution in [-0.2, 0) is 6.54 Å². The number of hydrogen-bond acceptors (Lipinski definition) is 3. The number of nitrogens with zero attached hydrogens (tertiary/aromatic N) is 3. The Morgan fingerprint density at radius 2 is 1.92 bits per heavy atom. The molecule has 2 saturated heterocycles. The summed E-state index contributed by atoms with van der Waals surface area (Å²) in [4.78, 5) is 20.0. The standard InChI is InChI=1S/C21H34N4O/c1-17(2)13-23-10-11-25-19(14-23)15-24(16-21(25,3)4)20(26)22-12-18-8-6-5-7-9-18/h5-9,17,19H,10-16H2,1-4H3,(H,22,26). The van der Waals surface area contributed by atoms with Crippen LogP contribution in [0.25, 0.3) is 0 Å². The third-order valence-electron chi connectivity index (χ3n) is 5.55. The summed E-state index contributed by atoms with van der Waals surface area (Å²) >= 11 is 0. The zero-order valence-corrected chi connectivity index (χ0v) is 16.7. The van der Waals surface area contributed by atoms with E-state index in [0.717, 1.165) is 44.8 Å². The Morgan fingerprint density at radius 1 is 1.19 bits per heavy atom. The van der Waals surface area contributed by atoms with Gasteiger partial charge in [-0.3, -0.25) is 4.90 Å². The second kappa shape index (κ2) is 7.97. The molecule has 5 heteroatoms. The van der Waals surface area contributed by atoms with Gasteiger partial charge in [-0.15, -0.1) is 0 Å². The van der Waals surface area contributed by atoms with E-state index >= 15 is 0 Å². The number of carbonyl (C=O) groups excluding carboxylic acids is 1. The van der Waals surface area contributed by atoms with Crippen molar-refractivity contribution >= 4 is 6.03 Å². The van der Waals surface area contributed by atoms with E-state index in [1.807, 2.05) is 35.2 Å². The van der Waals surface area contributed by atoms with E-state index in [1.165, 1.54) is 0 Å². The second-order valence-corrected chi connectivity index (χ2v) is 8.84. The Hall–Kier alpha value is -1.59. The molecule has 2 aliphatic heterocycles. The average Bonchev–Trinajstić information content (AvgIpc) is 2.59. The predicted octanol–water partition coefficient (Wildman–Crippen LogP) is 2.63. The lowest BCUT2D eigenvalue weighted by Gasteiger charge is -2.55. The van der Waals surface area contributed by atoms with Crippen molar-refractivity contribution in [2.45, 2.75) is 45.8 Å². The number of benzene rings is 1. The number of amides is 2. The summed E-state index contributed by atoms with van der Waals surface area (Å²) in [6.07, 6.45) is 0. The molecular weight excluding hydrogens is 324 g/mol. The fourth-order valence-electron chi connectivity index (χ4n) is 4.47. The van der Waals surface area contributed by atoms with Gasteiger partial charge in [0.15, 0.2) is 0 Å². The highest BCUT2D eigenvalue weighted by Crippen LogP contribution is 2.28. The van der Waals surface area contributed by atoms with Crippen LogP contribution in [0.4, 0.5) is 4.79 Å². The largest absolute Gasteiger partial charge is 0.334 e. The summed E-state index contributed by atoms with van der Waals surface area (Å²) in [5.41, 5.74) is 1.16. The molecule has 0 aromatic heterocycles. The van der Waals surface area contributed by atoms with E-state index in [4.69, 9.17) is 0 Å². The van der Waals surface area contributed by atoms with Gasteiger partial charge in [0.1, 0.15) is 0 Å². The lowest BCUT2D eigenvalue weighted by molar-refractivity contribution is -0.0542. The third kappa shape index (κ3) is 4.57. The average molecular weight is 359 g/mol. The molecule has 3 rings (SSSR count). The highest BCUT2D eigenvalue weighted by atomic mass is 16.2. The Bertz CT molecular complexity index is 601. The summed E-state index contributed by atoms with van der Waals surface area (Å²) < 4.78 is 0. The van der Waals surface area contributed by atoms with Crippen molar-refractivity contribution in [3.05, 3.63) is 35.9 Å². The molecule has 0 saturated carbocycles. The number of piperazine rings is 2. The van der Waals surface area contributed by atoms with Crippen molar-refractivity contribution < 1.29 is 4.79 Å². The second-order valence-electron chi connectivity index (χ2n) is 8.84. The van der Waals surface area contributed by atoms with Gasteiger partial charge in [-0.25, -0.2) is 4.79 Å². The minimum atomic E-state index is 0.0247. The minimum absolute atomic E-state index is 0.0247. The minimum Gasteiger partial charge on any atom is -0.334 e. The van der Waals surface area contributed by atoms with Crippen molar-refractivity contribution in [3.63, 3.8) is 0 Å². The summed E-state index contributed by atoms with van der Waals surface area (Å²) in [6, 6.07) is 10.6. The van der Waals surface area contributed by atoms with E-state index in [9.17, 15) is 4.79 Å². The molecule has 1 unspecified atom stereocenters. The lowest BCUT2D eigenvalue weighted by Crippen LogP contribution is -2.71. The number of rotatable bonds is 4. The predicted molar refractivity (Wildman–Crippen MR) is 106 cm³/mol. The molecular formula is C21H34N4O. The molecule has 0 spiro atoms. The van der Waals surface area contributed by atoms with Crippen molar-refractivity contribution in [2.24, 2.45) is 5.92 Å². The highest BCUT2D eigenvalue weighted by molar-refractivity contribution is 5.74. The first-order valence-corrected chi connectivity index (χ1v) is 9.91. The van der Waals surface area contributed by atoms with Gasteiger partial charge in [-0.2, -0.15) is 0 Å². The molecule has 1 N–H and O–H groups in total. The Kier molecular flexibility index (Phi) is 5.88. The first-order valence-electron chi connectivity index (χ1n) is 9.91. The smallest absolute Gasteiger partial charge is 0.317 e. The van der Waals surface area contributed by atoms with Crippen LogP contribution in [0.2, 0.25) is 0 Å². The van der Waals surface area contributed by atoms with E-state index in [2.05, 4.69) is 42.8 Å². The first-order chi connectivity index (χ1) is 12.3. The van der Waals surface area contributed by atoms with Crippen molar-refractivity contribution in [3.8, 4) is 0 Å². The Labute approximate surface area is 158 Å². The first kappa shape index (κ1) is 19.2. The van der Waals surface area contributed by atoms with E-state index in [0.29, 0.717) is 18.5 Å². The fraction of sp³-hybridized carbons (Fsp3) is 0.667. The van der Waals surface area contributed by atoms with Crippen LogP contribution < -0.4 is 5.32 Å². The van der Waals surface area contributed by atoms with Gasteiger partial charge in [0, 0.05) is 57.4 Å². The number of hydrogen-bond donors (Lipinski definition) is 1. The number of nitrogens with one attached hydrogen (secondary N) is 1. The molecule has 2 fully saturated rings. The molecule has 0 bridgehead atoms. The number of fused-ring (bicyclic) bond motifs is 1. The summed E-state index contributed by atoms with van der Waals surface area (Å²) in [7, 11) is 0. The van der Waals surface area contributed by atoms with Gasteiger partial charge in [-0.05, 0) is 25.3 Å². The summed E-state index contributed by atoms with van der Waals surface area (Å²) in [5, 5.41) is 3.10. The molecule has 1 aromatic rings. The maximum absolute atomic E-state index is 12.8. The maximum Gasteiger partial charge on any atom is 0.317 e. The van der Waals surface area contributed by atoms with Gasteiger partial charge in [0.05, 0.1) is 0 Å². The fourth-order valence-corrected chi connectivity index (χ4v) is 4.47. The van der Waals surface area contributed by atoms with Crippen molar-refractivity contribution in [1.29, 1.82) is 0 Å². The van der Waals surface area contributed by atoms with Crippen LogP contribution in [-0.4, -0.2) is 71.6 Å². The van der Waals surface area contributed by atoms with Crippen LogP contribution in [0.1, 0.15) is 33.3 Å². The molecule has 144 valence electrons. The zero-order chi connectivity index (χ0) is 18.7. The van der Waals surface area contributed by atoms with E-state index < -0.39 is 0 Å². The van der Waals surface area contributed by atoms with Crippen LogP contribution >= 0.6 is 0 Å².